The number of halogens is 2. The molecule has 0 heterocycles. The fourth-order valence-corrected chi connectivity index (χ4v) is 4.68. The van der Waals surface area contributed by atoms with Crippen LogP contribution < -0.4 is 0 Å². The van der Waals surface area contributed by atoms with E-state index in [9.17, 15) is 13.2 Å². The van der Waals surface area contributed by atoms with E-state index in [4.69, 9.17) is 23.2 Å². The Morgan fingerprint density at radius 3 is 2.14 bits per heavy atom. The third-order valence-corrected chi connectivity index (χ3v) is 7.39. The summed E-state index contributed by atoms with van der Waals surface area (Å²) in [4.78, 5) is 14.6. The minimum atomic E-state index is -3.69. The first-order valence-electron chi connectivity index (χ1n) is 8.95. The summed E-state index contributed by atoms with van der Waals surface area (Å²) >= 11 is 12.2. The van der Waals surface area contributed by atoms with Crippen LogP contribution in [0.4, 0.5) is 0 Å². The van der Waals surface area contributed by atoms with Gasteiger partial charge in [-0.25, -0.2) is 8.42 Å². The van der Waals surface area contributed by atoms with Gasteiger partial charge in [0.15, 0.2) is 0 Å². The Hall–Kier alpha value is -1.60. The average molecular weight is 443 g/mol. The number of hydrogen-bond donors (Lipinski definition) is 0. The lowest BCUT2D eigenvalue weighted by Crippen LogP contribution is -2.32. The van der Waals surface area contributed by atoms with Crippen molar-refractivity contribution in [2.75, 3.05) is 20.1 Å². The summed E-state index contributed by atoms with van der Waals surface area (Å²) in [7, 11) is -2.03. The highest BCUT2D eigenvalue weighted by Crippen LogP contribution is 2.27. The van der Waals surface area contributed by atoms with Gasteiger partial charge in [0.2, 0.25) is 10.0 Å². The third kappa shape index (κ3) is 4.69. The fourth-order valence-electron chi connectivity index (χ4n) is 2.87. The highest BCUT2D eigenvalue weighted by Gasteiger charge is 2.26. The Morgan fingerprint density at radius 2 is 1.61 bits per heavy atom. The van der Waals surface area contributed by atoms with Crippen molar-refractivity contribution in [3.05, 3.63) is 63.6 Å². The van der Waals surface area contributed by atoms with E-state index in [1.807, 2.05) is 19.1 Å². The van der Waals surface area contributed by atoms with Crippen molar-refractivity contribution in [3.63, 3.8) is 0 Å². The summed E-state index contributed by atoms with van der Waals surface area (Å²) in [6.07, 6.45) is 0. The van der Waals surface area contributed by atoms with Gasteiger partial charge in [0, 0.05) is 25.2 Å². The molecule has 28 heavy (non-hydrogen) atoms. The Bertz CT molecular complexity index is 942. The van der Waals surface area contributed by atoms with E-state index in [0.29, 0.717) is 18.1 Å². The van der Waals surface area contributed by atoms with Gasteiger partial charge in [0.1, 0.15) is 0 Å². The molecule has 0 spiro atoms. The fraction of sp³-hybridized carbons (Fsp3) is 0.350. The van der Waals surface area contributed by atoms with Gasteiger partial charge < -0.3 is 4.90 Å². The maximum absolute atomic E-state index is 13.0. The summed E-state index contributed by atoms with van der Waals surface area (Å²) in [5, 5.41) is 0.820. The molecule has 0 aromatic heterocycles. The van der Waals surface area contributed by atoms with Gasteiger partial charge >= 0.3 is 0 Å². The molecule has 0 aliphatic carbocycles. The average Bonchev–Trinajstić information content (AvgIpc) is 2.67. The van der Waals surface area contributed by atoms with Gasteiger partial charge in [-0.05, 0) is 42.8 Å². The van der Waals surface area contributed by atoms with E-state index in [0.717, 1.165) is 5.56 Å². The first-order valence-corrected chi connectivity index (χ1v) is 11.1. The van der Waals surface area contributed by atoms with Crippen LogP contribution in [0, 0.1) is 0 Å². The van der Waals surface area contributed by atoms with Crippen LogP contribution in [-0.2, 0) is 10.0 Å². The summed E-state index contributed by atoms with van der Waals surface area (Å²) in [5.41, 5.74) is 1.06. The Balaban J connectivity index is 2.38. The molecule has 1 atom stereocenters. The van der Waals surface area contributed by atoms with Crippen molar-refractivity contribution in [3.8, 4) is 0 Å². The van der Waals surface area contributed by atoms with Crippen LogP contribution >= 0.6 is 23.2 Å². The monoisotopic (exact) mass is 442 g/mol. The minimum absolute atomic E-state index is 0.0523. The maximum atomic E-state index is 13.0. The van der Waals surface area contributed by atoms with Crippen LogP contribution in [0.2, 0.25) is 10.0 Å². The number of sulfonamides is 1. The summed E-state index contributed by atoms with van der Waals surface area (Å²) in [5.74, 6) is -0.357. The number of hydrogen-bond acceptors (Lipinski definition) is 3. The molecule has 8 heteroatoms. The number of nitrogens with zero attached hydrogens (tertiary/aromatic N) is 2. The van der Waals surface area contributed by atoms with Crippen LogP contribution in [0.5, 0.6) is 0 Å². The summed E-state index contributed by atoms with van der Waals surface area (Å²) in [6, 6.07) is 11.2. The first kappa shape index (κ1) is 22.7. The van der Waals surface area contributed by atoms with E-state index >= 15 is 0 Å². The van der Waals surface area contributed by atoms with E-state index in [2.05, 4.69) is 0 Å². The lowest BCUT2D eigenvalue weighted by atomic mass is 10.1. The second-order valence-corrected chi connectivity index (χ2v) is 9.16. The molecule has 0 radical (unpaired) electrons. The van der Waals surface area contributed by atoms with Crippen LogP contribution in [0.15, 0.2) is 47.4 Å². The first-order chi connectivity index (χ1) is 13.1. The van der Waals surface area contributed by atoms with Crippen LogP contribution in [0.3, 0.4) is 0 Å². The molecule has 0 N–H and O–H groups in total. The molecular formula is C20H24Cl2N2O3S. The standard InChI is InChI=1S/C20H24Cl2N2O3S/c1-5-24(6-2)28(26,27)17-11-12-19(22)18(13-17)20(25)23(4)14(3)15-7-9-16(21)10-8-15/h7-14H,5-6H2,1-4H3. The lowest BCUT2D eigenvalue weighted by Gasteiger charge is -2.26. The molecular weight excluding hydrogens is 419 g/mol. The van der Waals surface area contributed by atoms with Crippen molar-refractivity contribution < 1.29 is 13.2 Å². The zero-order valence-corrected chi connectivity index (χ0v) is 18.6. The molecule has 0 aliphatic heterocycles. The zero-order valence-electron chi connectivity index (χ0n) is 16.3. The van der Waals surface area contributed by atoms with Gasteiger partial charge in [-0.15, -0.1) is 0 Å². The molecule has 0 saturated carbocycles. The van der Waals surface area contributed by atoms with Crippen molar-refractivity contribution in [1.82, 2.24) is 9.21 Å². The topological polar surface area (TPSA) is 57.7 Å². The number of carbonyl (C=O) groups excluding carboxylic acids is 1. The van der Waals surface area contributed by atoms with E-state index in [1.165, 1.54) is 27.4 Å². The third-order valence-electron chi connectivity index (χ3n) is 4.77. The number of rotatable bonds is 7. The van der Waals surface area contributed by atoms with Crippen LogP contribution in [0.25, 0.3) is 0 Å². The van der Waals surface area contributed by atoms with Crippen LogP contribution in [-0.4, -0.2) is 43.7 Å². The van der Waals surface area contributed by atoms with Crippen molar-refractivity contribution in [2.45, 2.75) is 31.7 Å². The lowest BCUT2D eigenvalue weighted by molar-refractivity contribution is 0.0742. The van der Waals surface area contributed by atoms with Crippen molar-refractivity contribution in [2.24, 2.45) is 0 Å². The molecule has 5 nitrogen and oxygen atoms in total. The molecule has 152 valence electrons. The van der Waals surface area contributed by atoms with Crippen LogP contribution in [0.1, 0.15) is 42.7 Å². The van der Waals surface area contributed by atoms with Gasteiger partial charge in [0.25, 0.3) is 5.91 Å². The second-order valence-electron chi connectivity index (χ2n) is 6.37. The molecule has 1 amide bonds. The molecule has 0 bridgehead atoms. The van der Waals surface area contributed by atoms with E-state index in [-0.39, 0.29) is 27.4 Å². The van der Waals surface area contributed by atoms with Gasteiger partial charge in [-0.2, -0.15) is 4.31 Å². The van der Waals surface area contributed by atoms with Gasteiger partial charge in [-0.3, -0.25) is 4.79 Å². The molecule has 1 unspecified atom stereocenters. The van der Waals surface area contributed by atoms with Crippen molar-refractivity contribution in [1.29, 1.82) is 0 Å². The van der Waals surface area contributed by atoms with Gasteiger partial charge in [0.05, 0.1) is 21.5 Å². The molecule has 0 fully saturated rings. The predicted octanol–water partition coefficient (Wildman–Crippen LogP) is 4.86. The summed E-state index contributed by atoms with van der Waals surface area (Å²) in [6.45, 7) is 6.11. The molecule has 0 saturated heterocycles. The minimum Gasteiger partial charge on any atom is -0.335 e. The molecule has 2 rings (SSSR count). The Kier molecular flexibility index (Phi) is 7.51. The molecule has 0 aliphatic rings. The number of benzene rings is 2. The largest absolute Gasteiger partial charge is 0.335 e. The zero-order chi connectivity index (χ0) is 21.1. The quantitative estimate of drug-likeness (QED) is 0.614. The summed E-state index contributed by atoms with van der Waals surface area (Å²) < 4.78 is 26.9. The second kappa shape index (κ2) is 9.27. The SMILES string of the molecule is CCN(CC)S(=O)(=O)c1ccc(Cl)c(C(=O)N(C)C(C)c2ccc(Cl)cc2)c1. The van der Waals surface area contributed by atoms with Crippen molar-refractivity contribution >= 4 is 39.1 Å². The van der Waals surface area contributed by atoms with E-state index < -0.39 is 10.0 Å². The highest BCUT2D eigenvalue weighted by atomic mass is 35.5. The predicted molar refractivity (Wildman–Crippen MR) is 114 cm³/mol. The molecule has 2 aromatic rings. The normalized spacial score (nSPS) is 12.8. The smallest absolute Gasteiger partial charge is 0.255 e. The molecule has 2 aromatic carbocycles. The maximum Gasteiger partial charge on any atom is 0.255 e. The highest BCUT2D eigenvalue weighted by molar-refractivity contribution is 7.89. The Labute approximate surface area is 176 Å². The van der Waals surface area contributed by atoms with E-state index in [1.54, 1.807) is 33.0 Å². The number of amides is 1. The number of carbonyl (C=O) groups is 1. The Morgan fingerprint density at radius 1 is 1.04 bits per heavy atom. The van der Waals surface area contributed by atoms with Gasteiger partial charge in [-0.1, -0.05) is 49.2 Å².